The molecule has 0 aliphatic heterocycles. The monoisotopic (exact) mass is 261 g/mol. The van der Waals surface area contributed by atoms with Gasteiger partial charge in [-0.05, 0) is 39.7 Å². The molecule has 0 bridgehead atoms. The van der Waals surface area contributed by atoms with E-state index in [1.54, 1.807) is 18.5 Å². The highest BCUT2D eigenvalue weighted by Crippen LogP contribution is 2.12. The molecule has 0 amide bonds. The van der Waals surface area contributed by atoms with Crippen molar-refractivity contribution in [2.24, 2.45) is 0 Å². The molecule has 0 spiro atoms. The quantitative estimate of drug-likeness (QED) is 0.834. The Morgan fingerprint density at radius 1 is 1.47 bits per heavy atom. The largest absolute Gasteiger partial charge is 0.335 e. The van der Waals surface area contributed by atoms with E-state index >= 15 is 0 Å². The fourth-order valence-electron chi connectivity index (χ4n) is 1.39. The van der Waals surface area contributed by atoms with E-state index in [1.807, 2.05) is 22.9 Å². The summed E-state index contributed by atoms with van der Waals surface area (Å²) in [6.07, 6.45) is 5.43. The van der Waals surface area contributed by atoms with Gasteiger partial charge in [-0.1, -0.05) is 0 Å². The first-order valence-corrected chi connectivity index (χ1v) is 5.23. The molecular weight excluding hydrogens is 254 g/mol. The predicted octanol–water partition coefficient (Wildman–Crippen LogP) is 2.57. The molecule has 2 rings (SSSR count). The zero-order valence-electron chi connectivity index (χ0n) is 7.89. The van der Waals surface area contributed by atoms with Gasteiger partial charge in [-0.25, -0.2) is 0 Å². The molecule has 4 heteroatoms. The van der Waals surface area contributed by atoms with E-state index in [-0.39, 0.29) is 0 Å². The Balaban J connectivity index is 2.26. The van der Waals surface area contributed by atoms with Crippen molar-refractivity contribution < 1.29 is 0 Å². The van der Waals surface area contributed by atoms with Gasteiger partial charge in [-0.3, -0.25) is 4.98 Å². The van der Waals surface area contributed by atoms with Gasteiger partial charge in [0.15, 0.2) is 0 Å². The summed E-state index contributed by atoms with van der Waals surface area (Å²) in [5.41, 5.74) is 1.73. The van der Waals surface area contributed by atoms with Crippen LogP contribution in [0, 0.1) is 11.3 Å². The molecule has 0 atom stereocenters. The second-order valence-electron chi connectivity index (χ2n) is 3.14. The summed E-state index contributed by atoms with van der Waals surface area (Å²) in [6.45, 7) is 0.669. The van der Waals surface area contributed by atoms with E-state index < -0.39 is 0 Å². The number of hydrogen-bond donors (Lipinski definition) is 0. The summed E-state index contributed by atoms with van der Waals surface area (Å²) < 4.78 is 2.84. The fourth-order valence-corrected chi connectivity index (χ4v) is 1.80. The van der Waals surface area contributed by atoms with Crippen LogP contribution in [0.2, 0.25) is 0 Å². The molecular formula is C11H8BrN3. The maximum atomic E-state index is 8.84. The average Bonchev–Trinajstić information content (AvgIpc) is 2.65. The topological polar surface area (TPSA) is 41.6 Å². The number of rotatable bonds is 2. The van der Waals surface area contributed by atoms with Crippen molar-refractivity contribution in [3.63, 3.8) is 0 Å². The lowest BCUT2D eigenvalue weighted by atomic mass is 10.3. The summed E-state index contributed by atoms with van der Waals surface area (Å²) in [5.74, 6) is 0. The molecule has 0 aliphatic carbocycles. The number of aromatic nitrogens is 2. The van der Waals surface area contributed by atoms with Crippen molar-refractivity contribution in [3.05, 3.63) is 52.5 Å². The zero-order chi connectivity index (χ0) is 10.7. The summed E-state index contributed by atoms with van der Waals surface area (Å²) in [7, 11) is 0. The lowest BCUT2D eigenvalue weighted by Gasteiger charge is -2.04. The van der Waals surface area contributed by atoms with E-state index in [1.165, 1.54) is 0 Å². The van der Waals surface area contributed by atoms with E-state index in [4.69, 9.17) is 5.26 Å². The van der Waals surface area contributed by atoms with Crippen LogP contribution in [0.25, 0.3) is 0 Å². The fraction of sp³-hybridized carbons (Fsp3) is 0.0909. The lowest BCUT2D eigenvalue weighted by Crippen LogP contribution is -2.00. The normalized spacial score (nSPS) is 9.87. The molecule has 0 radical (unpaired) electrons. The van der Waals surface area contributed by atoms with Crippen LogP contribution in [0.3, 0.4) is 0 Å². The molecule has 0 aliphatic rings. The van der Waals surface area contributed by atoms with Crippen molar-refractivity contribution in [1.82, 2.24) is 9.55 Å². The molecule has 74 valence electrons. The van der Waals surface area contributed by atoms with E-state index in [9.17, 15) is 0 Å². The first-order chi connectivity index (χ1) is 7.29. The van der Waals surface area contributed by atoms with Crippen molar-refractivity contribution in [2.75, 3.05) is 0 Å². The zero-order valence-corrected chi connectivity index (χ0v) is 9.48. The minimum atomic E-state index is 0.662. The van der Waals surface area contributed by atoms with Crippen molar-refractivity contribution in [1.29, 1.82) is 5.26 Å². The summed E-state index contributed by atoms with van der Waals surface area (Å²) in [4.78, 5) is 4.08. The maximum absolute atomic E-state index is 8.84. The van der Waals surface area contributed by atoms with Gasteiger partial charge in [0.2, 0.25) is 0 Å². The average molecular weight is 262 g/mol. The minimum absolute atomic E-state index is 0.662. The smallest absolute Gasteiger partial charge is 0.120 e. The molecule has 15 heavy (non-hydrogen) atoms. The molecule has 0 saturated carbocycles. The third kappa shape index (κ3) is 2.25. The number of hydrogen-bond acceptors (Lipinski definition) is 2. The van der Waals surface area contributed by atoms with Crippen LogP contribution >= 0.6 is 15.9 Å². The Kier molecular flexibility index (Phi) is 2.84. The molecule has 0 saturated heterocycles. The Labute approximate surface area is 96.1 Å². The summed E-state index contributed by atoms with van der Waals surface area (Å²) in [5, 5.41) is 8.84. The molecule has 2 aromatic rings. The highest BCUT2D eigenvalue weighted by molar-refractivity contribution is 9.10. The third-order valence-corrected chi connectivity index (χ3v) is 2.49. The predicted molar refractivity (Wildman–Crippen MR) is 60.2 cm³/mol. The third-order valence-electron chi connectivity index (χ3n) is 2.06. The maximum Gasteiger partial charge on any atom is 0.120 e. The van der Waals surface area contributed by atoms with Crippen LogP contribution < -0.4 is 0 Å². The second kappa shape index (κ2) is 4.28. The Hall–Kier alpha value is -1.60. The minimum Gasteiger partial charge on any atom is -0.335 e. The first-order valence-electron chi connectivity index (χ1n) is 4.44. The second-order valence-corrected chi connectivity index (χ2v) is 4.06. The molecule has 0 fully saturated rings. The Morgan fingerprint density at radius 3 is 3.07 bits per heavy atom. The van der Waals surface area contributed by atoms with Crippen molar-refractivity contribution in [2.45, 2.75) is 6.54 Å². The number of pyridine rings is 1. The van der Waals surface area contributed by atoms with Crippen LogP contribution in [-0.2, 0) is 6.54 Å². The van der Waals surface area contributed by atoms with E-state index in [0.717, 1.165) is 10.0 Å². The van der Waals surface area contributed by atoms with Crippen LogP contribution in [0.4, 0.5) is 0 Å². The van der Waals surface area contributed by atoms with Gasteiger partial charge < -0.3 is 4.57 Å². The molecule has 2 aromatic heterocycles. The molecule has 0 aromatic carbocycles. The lowest BCUT2D eigenvalue weighted by molar-refractivity contribution is 0.789. The van der Waals surface area contributed by atoms with E-state index in [0.29, 0.717) is 12.2 Å². The van der Waals surface area contributed by atoms with E-state index in [2.05, 4.69) is 27.0 Å². The first kappa shape index (κ1) is 9.94. The standard InChI is InChI=1S/C11H8BrN3/c12-10-4-9(6-14-7-10)8-15-3-1-2-11(15)5-13/h1-4,6-7H,8H2. The molecule has 0 N–H and O–H groups in total. The van der Waals surface area contributed by atoms with Gasteiger partial charge in [0.05, 0.1) is 0 Å². The number of nitriles is 1. The highest BCUT2D eigenvalue weighted by atomic mass is 79.9. The Bertz CT molecular complexity index is 511. The van der Waals surface area contributed by atoms with Crippen molar-refractivity contribution in [3.8, 4) is 6.07 Å². The molecule has 3 nitrogen and oxygen atoms in total. The van der Waals surface area contributed by atoms with Gasteiger partial charge in [0, 0.05) is 29.6 Å². The van der Waals surface area contributed by atoms with Crippen LogP contribution in [0.1, 0.15) is 11.3 Å². The van der Waals surface area contributed by atoms with Crippen LogP contribution in [0.15, 0.2) is 41.3 Å². The van der Waals surface area contributed by atoms with Crippen LogP contribution in [-0.4, -0.2) is 9.55 Å². The van der Waals surface area contributed by atoms with Gasteiger partial charge in [0.1, 0.15) is 11.8 Å². The molecule has 2 heterocycles. The SMILES string of the molecule is N#Cc1cccn1Cc1cncc(Br)c1. The van der Waals surface area contributed by atoms with Gasteiger partial charge >= 0.3 is 0 Å². The van der Waals surface area contributed by atoms with Crippen molar-refractivity contribution >= 4 is 15.9 Å². The summed E-state index contributed by atoms with van der Waals surface area (Å²) in [6, 6.07) is 7.80. The number of nitrogens with zero attached hydrogens (tertiary/aromatic N) is 3. The summed E-state index contributed by atoms with van der Waals surface area (Å²) >= 11 is 3.37. The van der Waals surface area contributed by atoms with Gasteiger partial charge in [-0.2, -0.15) is 5.26 Å². The van der Waals surface area contributed by atoms with Crippen LogP contribution in [0.5, 0.6) is 0 Å². The Morgan fingerprint density at radius 2 is 2.33 bits per heavy atom. The van der Waals surface area contributed by atoms with Gasteiger partial charge in [-0.15, -0.1) is 0 Å². The molecule has 0 unspecified atom stereocenters. The number of halogens is 1. The highest BCUT2D eigenvalue weighted by Gasteiger charge is 2.01. The van der Waals surface area contributed by atoms with Gasteiger partial charge in [0.25, 0.3) is 0 Å².